The van der Waals surface area contributed by atoms with E-state index in [9.17, 15) is 14.9 Å². The Morgan fingerprint density at radius 3 is 2.48 bits per heavy atom. The third-order valence-corrected chi connectivity index (χ3v) is 2.41. The lowest BCUT2D eigenvalue weighted by molar-refractivity contribution is -0.385. The summed E-state index contributed by atoms with van der Waals surface area (Å²) < 4.78 is 16.4. The van der Waals surface area contributed by atoms with Crippen molar-refractivity contribution >= 4 is 11.7 Å². The Morgan fingerprint density at radius 2 is 1.95 bits per heavy atom. The van der Waals surface area contributed by atoms with E-state index < -0.39 is 22.3 Å². The molecular weight excluding hydrogens is 286 g/mol. The number of rotatable bonds is 11. The molecule has 0 aliphatic carbocycles. The van der Waals surface area contributed by atoms with Gasteiger partial charge in [-0.2, -0.15) is 5.10 Å². The van der Waals surface area contributed by atoms with E-state index in [0.717, 1.165) is 6.20 Å². The van der Waals surface area contributed by atoms with Crippen LogP contribution < -0.4 is 0 Å². The van der Waals surface area contributed by atoms with Crippen LogP contribution in [0, 0.1) is 10.1 Å². The second kappa shape index (κ2) is 9.00. The summed E-state index contributed by atoms with van der Waals surface area (Å²) in [7, 11) is 1.58. The van der Waals surface area contributed by atoms with Crippen LogP contribution >= 0.6 is 0 Å². The van der Waals surface area contributed by atoms with Gasteiger partial charge in [0.2, 0.25) is 5.69 Å². The Morgan fingerprint density at radius 1 is 1.33 bits per heavy atom. The Balaban J connectivity index is 2.31. The molecule has 1 rings (SSSR count). The molecule has 0 aliphatic rings. The first-order chi connectivity index (χ1) is 10.1. The number of methoxy groups -OCH3 is 1. The number of carboxylic acid groups (broad SMARTS) is 1. The molecule has 0 aliphatic heterocycles. The maximum atomic E-state index is 10.8. The average molecular weight is 303 g/mol. The van der Waals surface area contributed by atoms with E-state index in [2.05, 4.69) is 5.10 Å². The van der Waals surface area contributed by atoms with E-state index in [1.54, 1.807) is 7.11 Å². The molecule has 0 bridgehead atoms. The quantitative estimate of drug-likeness (QED) is 0.348. The highest BCUT2D eigenvalue weighted by Gasteiger charge is 2.24. The number of hydrogen-bond donors (Lipinski definition) is 1. The highest BCUT2D eigenvalue weighted by Crippen LogP contribution is 2.16. The van der Waals surface area contributed by atoms with Crippen molar-refractivity contribution in [3.05, 3.63) is 22.0 Å². The number of carboxylic acids is 1. The SMILES string of the molecule is COCCOCCOCCn1cc([N+](=O)[O-])c(C(=O)O)n1. The Labute approximate surface area is 120 Å². The van der Waals surface area contributed by atoms with Crippen LogP contribution in [0.3, 0.4) is 0 Å². The van der Waals surface area contributed by atoms with Crippen molar-refractivity contribution < 1.29 is 29.0 Å². The molecule has 10 nitrogen and oxygen atoms in total. The third-order valence-electron chi connectivity index (χ3n) is 2.41. The number of carbonyl (C=O) groups is 1. The molecule has 0 radical (unpaired) electrons. The van der Waals surface area contributed by atoms with Gasteiger partial charge in [0.1, 0.15) is 6.20 Å². The highest BCUT2D eigenvalue weighted by atomic mass is 16.6. The molecule has 1 heterocycles. The van der Waals surface area contributed by atoms with Crippen LogP contribution in [0.4, 0.5) is 5.69 Å². The maximum absolute atomic E-state index is 10.8. The van der Waals surface area contributed by atoms with E-state index in [1.165, 1.54) is 4.68 Å². The number of aromatic carboxylic acids is 1. The van der Waals surface area contributed by atoms with E-state index in [0.29, 0.717) is 26.4 Å². The van der Waals surface area contributed by atoms with Gasteiger partial charge in [-0.25, -0.2) is 4.79 Å². The molecule has 0 unspecified atom stereocenters. The average Bonchev–Trinajstić information content (AvgIpc) is 2.86. The van der Waals surface area contributed by atoms with Crippen molar-refractivity contribution in [1.29, 1.82) is 0 Å². The first-order valence-corrected chi connectivity index (χ1v) is 6.15. The second-order valence-electron chi connectivity index (χ2n) is 3.91. The fourth-order valence-corrected chi connectivity index (χ4v) is 1.43. The minimum atomic E-state index is -1.44. The zero-order valence-electron chi connectivity index (χ0n) is 11.6. The van der Waals surface area contributed by atoms with Gasteiger partial charge in [-0.15, -0.1) is 0 Å². The minimum Gasteiger partial charge on any atom is -0.476 e. The molecule has 10 heteroatoms. The zero-order valence-corrected chi connectivity index (χ0v) is 11.6. The van der Waals surface area contributed by atoms with E-state index in [1.807, 2.05) is 0 Å². The van der Waals surface area contributed by atoms with E-state index in [-0.39, 0.29) is 13.2 Å². The summed E-state index contributed by atoms with van der Waals surface area (Å²) in [5, 5.41) is 23.1. The van der Waals surface area contributed by atoms with Gasteiger partial charge in [-0.3, -0.25) is 14.8 Å². The summed E-state index contributed by atoms with van der Waals surface area (Å²) in [5.74, 6) is -1.44. The molecular formula is C11H17N3O7. The Bertz CT molecular complexity index is 443. The number of ether oxygens (including phenoxy) is 3. The molecule has 0 atom stereocenters. The van der Waals surface area contributed by atoms with E-state index in [4.69, 9.17) is 19.3 Å². The van der Waals surface area contributed by atoms with Gasteiger partial charge >= 0.3 is 11.7 Å². The molecule has 0 saturated heterocycles. The van der Waals surface area contributed by atoms with Crippen molar-refractivity contribution in [1.82, 2.24) is 9.78 Å². The maximum Gasteiger partial charge on any atom is 0.363 e. The van der Waals surface area contributed by atoms with Crippen LogP contribution in [0.2, 0.25) is 0 Å². The summed E-state index contributed by atoms with van der Waals surface area (Å²) in [6, 6.07) is 0. The van der Waals surface area contributed by atoms with Crippen LogP contribution in [0.25, 0.3) is 0 Å². The summed E-state index contributed by atoms with van der Waals surface area (Å²) in [6.45, 7) is 2.21. The smallest absolute Gasteiger partial charge is 0.363 e. The highest BCUT2D eigenvalue weighted by molar-refractivity contribution is 5.89. The van der Waals surface area contributed by atoms with Crippen LogP contribution in [-0.4, -0.2) is 65.9 Å². The molecule has 1 aromatic rings. The summed E-state index contributed by atoms with van der Waals surface area (Å²) in [5.41, 5.74) is -1.12. The normalized spacial score (nSPS) is 10.7. The van der Waals surface area contributed by atoms with Gasteiger partial charge in [0, 0.05) is 7.11 Å². The fourth-order valence-electron chi connectivity index (χ4n) is 1.43. The Kier molecular flexibility index (Phi) is 7.29. The lowest BCUT2D eigenvalue weighted by Gasteiger charge is -2.05. The molecule has 0 fully saturated rings. The first kappa shape index (κ1) is 17.0. The predicted molar refractivity (Wildman–Crippen MR) is 69.4 cm³/mol. The van der Waals surface area contributed by atoms with Crippen LogP contribution in [-0.2, 0) is 20.8 Å². The number of nitro groups is 1. The van der Waals surface area contributed by atoms with Crippen molar-refractivity contribution in [3.63, 3.8) is 0 Å². The van der Waals surface area contributed by atoms with Crippen molar-refractivity contribution in [2.75, 3.05) is 40.1 Å². The molecule has 1 N–H and O–H groups in total. The van der Waals surface area contributed by atoms with Gasteiger partial charge in [0.15, 0.2) is 0 Å². The molecule has 0 spiro atoms. The number of hydrogen-bond acceptors (Lipinski definition) is 7. The Hall–Kier alpha value is -2.04. The topological polar surface area (TPSA) is 126 Å². The van der Waals surface area contributed by atoms with Gasteiger partial charge in [-0.1, -0.05) is 0 Å². The lowest BCUT2D eigenvalue weighted by atomic mass is 10.4. The largest absolute Gasteiger partial charge is 0.476 e. The van der Waals surface area contributed by atoms with Crippen molar-refractivity contribution in [2.45, 2.75) is 6.54 Å². The predicted octanol–water partition coefficient (Wildman–Crippen LogP) is 0.169. The molecule has 0 saturated carbocycles. The number of aromatic nitrogens is 2. The van der Waals surface area contributed by atoms with Gasteiger partial charge in [0.05, 0.1) is 44.5 Å². The molecule has 0 aromatic carbocycles. The summed E-state index contributed by atoms with van der Waals surface area (Å²) >= 11 is 0. The van der Waals surface area contributed by atoms with E-state index >= 15 is 0 Å². The van der Waals surface area contributed by atoms with Crippen LogP contribution in [0.1, 0.15) is 10.5 Å². The van der Waals surface area contributed by atoms with Crippen LogP contribution in [0.5, 0.6) is 0 Å². The lowest BCUT2D eigenvalue weighted by Crippen LogP contribution is -2.12. The van der Waals surface area contributed by atoms with Gasteiger partial charge < -0.3 is 19.3 Å². The van der Waals surface area contributed by atoms with Gasteiger partial charge in [0.25, 0.3) is 0 Å². The first-order valence-electron chi connectivity index (χ1n) is 6.15. The minimum absolute atomic E-state index is 0.214. The number of nitrogens with zero attached hydrogens (tertiary/aromatic N) is 3. The zero-order chi connectivity index (χ0) is 15.7. The molecule has 118 valence electrons. The van der Waals surface area contributed by atoms with Crippen molar-refractivity contribution in [2.24, 2.45) is 0 Å². The molecule has 21 heavy (non-hydrogen) atoms. The molecule has 0 amide bonds. The second-order valence-corrected chi connectivity index (χ2v) is 3.91. The third kappa shape index (κ3) is 5.85. The fraction of sp³-hybridized carbons (Fsp3) is 0.636. The van der Waals surface area contributed by atoms with Crippen LogP contribution in [0.15, 0.2) is 6.20 Å². The summed E-state index contributed by atoms with van der Waals surface area (Å²) in [6.07, 6.45) is 1.07. The van der Waals surface area contributed by atoms with Crippen molar-refractivity contribution in [3.8, 4) is 0 Å². The standard InChI is InChI=1S/C11H17N3O7/c1-19-4-5-21-7-6-20-3-2-13-8-9(14(17)18)10(12-13)11(15)16/h8H,2-7H2,1H3,(H,15,16). The summed E-state index contributed by atoms with van der Waals surface area (Å²) in [4.78, 5) is 20.7. The van der Waals surface area contributed by atoms with Gasteiger partial charge in [-0.05, 0) is 0 Å². The monoisotopic (exact) mass is 303 g/mol. The molecule has 1 aromatic heterocycles.